The highest BCUT2D eigenvalue weighted by atomic mass is 35.5. The van der Waals surface area contributed by atoms with Crippen molar-refractivity contribution in [3.63, 3.8) is 0 Å². The second-order valence-electron chi connectivity index (χ2n) is 6.86. The molecule has 0 unspecified atom stereocenters. The van der Waals surface area contributed by atoms with E-state index in [1.165, 1.54) is 19.1 Å². The van der Waals surface area contributed by atoms with Crippen molar-refractivity contribution < 1.29 is 32.1 Å². The van der Waals surface area contributed by atoms with Crippen LogP contribution in [0.5, 0.6) is 0 Å². The first-order chi connectivity index (χ1) is 15.6. The number of carbonyl (C=O) groups is 2. The monoisotopic (exact) mass is 482 g/mol. The third-order valence-corrected chi connectivity index (χ3v) is 4.53. The van der Waals surface area contributed by atoms with Gasteiger partial charge in [0.1, 0.15) is 6.61 Å². The Balaban J connectivity index is 1.71. The van der Waals surface area contributed by atoms with Crippen LogP contribution in [0.3, 0.4) is 0 Å². The van der Waals surface area contributed by atoms with Crippen LogP contribution < -0.4 is 5.32 Å². The average molecular weight is 483 g/mol. The lowest BCUT2D eigenvalue weighted by molar-refractivity contribution is -0.194. The van der Waals surface area contributed by atoms with E-state index in [2.05, 4.69) is 20.0 Å². The van der Waals surface area contributed by atoms with E-state index in [0.29, 0.717) is 16.1 Å². The molecule has 2 aromatic carbocycles. The number of hydrogen-bond donors (Lipinski definition) is 1. The van der Waals surface area contributed by atoms with Gasteiger partial charge in [-0.2, -0.15) is 18.2 Å². The Morgan fingerprint density at radius 2 is 1.73 bits per heavy atom. The van der Waals surface area contributed by atoms with Gasteiger partial charge in [0.25, 0.3) is 5.91 Å². The van der Waals surface area contributed by atoms with Crippen LogP contribution in [0.25, 0.3) is 11.4 Å². The van der Waals surface area contributed by atoms with Gasteiger partial charge in [-0.3, -0.25) is 14.4 Å². The molecule has 174 valence electrons. The molecule has 3 rings (SSSR count). The fraction of sp³-hybridized carbons (Fsp3) is 0.238. The molecule has 2 amide bonds. The van der Waals surface area contributed by atoms with Crippen LogP contribution in [0.2, 0.25) is 5.02 Å². The van der Waals surface area contributed by atoms with E-state index >= 15 is 0 Å². The number of amides is 2. The zero-order chi connectivity index (χ0) is 24.0. The summed E-state index contributed by atoms with van der Waals surface area (Å²) in [6.45, 7) is 1.11. The zero-order valence-electron chi connectivity index (χ0n) is 17.2. The number of hydroxylamine groups is 2. The van der Waals surface area contributed by atoms with Gasteiger partial charge in [0, 0.05) is 17.5 Å². The Labute approximate surface area is 191 Å². The molecular weight excluding hydrogens is 465 g/mol. The molecule has 0 fully saturated rings. The fourth-order valence-corrected chi connectivity index (χ4v) is 2.73. The van der Waals surface area contributed by atoms with E-state index in [1.807, 2.05) is 0 Å². The van der Waals surface area contributed by atoms with E-state index in [9.17, 15) is 22.8 Å². The molecule has 0 saturated carbocycles. The number of benzene rings is 2. The number of alkyl halides is 3. The highest BCUT2D eigenvalue weighted by molar-refractivity contribution is 6.30. The summed E-state index contributed by atoms with van der Waals surface area (Å²) in [5.41, 5.74) is 1.69. The summed E-state index contributed by atoms with van der Waals surface area (Å²) in [6.07, 6.45) is -4.73. The standard InChI is InChI=1S/C21H18ClF3N4O4/c1-13(30)26-10-18(31)29(32-12-15-4-8-17(22)9-5-15)11-14-2-6-16(7-3-14)19-27-20(33-28-19)21(23,24)25/h2-9H,10-12H2,1H3,(H,26,30). The van der Waals surface area contributed by atoms with Gasteiger partial charge in [0.05, 0.1) is 13.1 Å². The molecule has 0 aliphatic carbocycles. The second kappa shape index (κ2) is 10.5. The van der Waals surface area contributed by atoms with Crippen LogP contribution in [0.1, 0.15) is 23.9 Å². The summed E-state index contributed by atoms with van der Waals surface area (Å²) in [7, 11) is 0. The van der Waals surface area contributed by atoms with Gasteiger partial charge in [-0.1, -0.05) is 53.2 Å². The highest BCUT2D eigenvalue weighted by Crippen LogP contribution is 2.29. The zero-order valence-corrected chi connectivity index (χ0v) is 18.0. The Kier molecular flexibility index (Phi) is 7.67. The number of hydrogen-bond acceptors (Lipinski definition) is 6. The average Bonchev–Trinajstić information content (AvgIpc) is 3.27. The maximum absolute atomic E-state index is 12.6. The van der Waals surface area contributed by atoms with Crippen molar-refractivity contribution in [1.29, 1.82) is 0 Å². The normalized spacial score (nSPS) is 11.3. The predicted octanol–water partition coefficient (Wildman–Crippen LogP) is 4.01. The summed E-state index contributed by atoms with van der Waals surface area (Å²) < 4.78 is 42.2. The van der Waals surface area contributed by atoms with Crippen molar-refractivity contribution in [3.05, 3.63) is 70.6 Å². The number of nitrogens with zero attached hydrogens (tertiary/aromatic N) is 3. The van der Waals surface area contributed by atoms with E-state index in [4.69, 9.17) is 16.4 Å². The van der Waals surface area contributed by atoms with Crippen LogP contribution >= 0.6 is 11.6 Å². The van der Waals surface area contributed by atoms with Gasteiger partial charge in [0.2, 0.25) is 11.7 Å². The third kappa shape index (κ3) is 7.02. The quantitative estimate of drug-likeness (QED) is 0.487. The van der Waals surface area contributed by atoms with Crippen LogP contribution in [-0.2, 0) is 33.8 Å². The van der Waals surface area contributed by atoms with Gasteiger partial charge in [0.15, 0.2) is 0 Å². The minimum atomic E-state index is -4.73. The van der Waals surface area contributed by atoms with E-state index in [0.717, 1.165) is 10.6 Å². The van der Waals surface area contributed by atoms with E-state index < -0.39 is 18.0 Å². The van der Waals surface area contributed by atoms with Gasteiger partial charge in [-0.15, -0.1) is 0 Å². The molecule has 33 heavy (non-hydrogen) atoms. The van der Waals surface area contributed by atoms with Crippen molar-refractivity contribution in [2.24, 2.45) is 0 Å². The van der Waals surface area contributed by atoms with Crippen LogP contribution in [0.15, 0.2) is 53.1 Å². The Morgan fingerprint density at radius 3 is 2.30 bits per heavy atom. The van der Waals surface area contributed by atoms with Crippen LogP contribution in [0, 0.1) is 0 Å². The lowest BCUT2D eigenvalue weighted by Crippen LogP contribution is -2.39. The number of nitrogens with one attached hydrogen (secondary N) is 1. The first-order valence-corrected chi connectivity index (χ1v) is 9.92. The molecule has 0 aliphatic rings. The van der Waals surface area contributed by atoms with Gasteiger partial charge in [-0.25, -0.2) is 5.06 Å². The first kappa shape index (κ1) is 24.2. The van der Waals surface area contributed by atoms with Crippen LogP contribution in [0.4, 0.5) is 13.2 Å². The van der Waals surface area contributed by atoms with Crippen molar-refractivity contribution in [2.75, 3.05) is 6.54 Å². The summed E-state index contributed by atoms with van der Waals surface area (Å²) in [6, 6.07) is 13.0. The van der Waals surface area contributed by atoms with Crippen molar-refractivity contribution in [1.82, 2.24) is 20.5 Å². The van der Waals surface area contributed by atoms with Gasteiger partial charge < -0.3 is 9.84 Å². The molecule has 1 aromatic heterocycles. The smallest absolute Gasteiger partial charge is 0.347 e. The summed E-state index contributed by atoms with van der Waals surface area (Å²) in [5.74, 6) is -2.52. The molecule has 1 heterocycles. The molecular formula is C21H18ClF3N4O4. The SMILES string of the molecule is CC(=O)NCC(=O)N(Cc1ccc(-c2noc(C(F)(F)F)n2)cc1)OCc1ccc(Cl)cc1. The molecule has 1 N–H and O–H groups in total. The van der Waals surface area contributed by atoms with Gasteiger partial charge >= 0.3 is 12.1 Å². The van der Waals surface area contributed by atoms with Crippen molar-refractivity contribution >= 4 is 23.4 Å². The molecule has 0 spiro atoms. The fourth-order valence-electron chi connectivity index (χ4n) is 2.61. The third-order valence-electron chi connectivity index (χ3n) is 4.27. The van der Waals surface area contributed by atoms with Crippen LogP contribution in [-0.4, -0.2) is 33.6 Å². The maximum Gasteiger partial charge on any atom is 0.471 e. The number of halogens is 4. The molecule has 0 saturated heterocycles. The summed E-state index contributed by atoms with van der Waals surface area (Å²) in [5, 5.41) is 7.40. The first-order valence-electron chi connectivity index (χ1n) is 9.54. The minimum Gasteiger partial charge on any atom is -0.347 e. The topological polar surface area (TPSA) is 97.6 Å². The second-order valence-corrected chi connectivity index (χ2v) is 7.29. The van der Waals surface area contributed by atoms with Gasteiger partial charge in [-0.05, 0) is 23.3 Å². The van der Waals surface area contributed by atoms with E-state index in [-0.39, 0.29) is 31.4 Å². The number of rotatable bonds is 8. The molecule has 0 aliphatic heterocycles. The molecule has 0 atom stereocenters. The Bertz CT molecular complexity index is 1100. The Morgan fingerprint density at radius 1 is 1.09 bits per heavy atom. The molecule has 8 nitrogen and oxygen atoms in total. The summed E-state index contributed by atoms with van der Waals surface area (Å²) >= 11 is 5.87. The molecule has 3 aromatic rings. The summed E-state index contributed by atoms with van der Waals surface area (Å²) in [4.78, 5) is 32.7. The van der Waals surface area contributed by atoms with E-state index in [1.54, 1.807) is 36.4 Å². The highest BCUT2D eigenvalue weighted by Gasteiger charge is 2.38. The lowest BCUT2D eigenvalue weighted by Gasteiger charge is -2.22. The van der Waals surface area contributed by atoms with Crippen molar-refractivity contribution in [3.8, 4) is 11.4 Å². The number of carbonyl (C=O) groups excluding carboxylic acids is 2. The molecule has 0 radical (unpaired) electrons. The maximum atomic E-state index is 12.6. The predicted molar refractivity (Wildman–Crippen MR) is 110 cm³/mol. The molecule has 12 heteroatoms. The lowest BCUT2D eigenvalue weighted by atomic mass is 10.1. The number of aromatic nitrogens is 2. The van der Waals surface area contributed by atoms with Crippen molar-refractivity contribution in [2.45, 2.75) is 26.3 Å². The Hall–Kier alpha value is -3.44. The largest absolute Gasteiger partial charge is 0.471 e. The minimum absolute atomic E-state index is 0.0202. The molecule has 0 bridgehead atoms.